The van der Waals surface area contributed by atoms with Crippen molar-refractivity contribution in [2.45, 2.75) is 24.9 Å². The van der Waals surface area contributed by atoms with Crippen molar-refractivity contribution in [2.75, 3.05) is 32.8 Å². The van der Waals surface area contributed by atoms with Crippen molar-refractivity contribution in [1.29, 1.82) is 0 Å². The molecule has 7 heteroatoms. The summed E-state index contributed by atoms with van der Waals surface area (Å²) < 4.78 is 0. The first-order valence-corrected chi connectivity index (χ1v) is 8.20. The van der Waals surface area contributed by atoms with Crippen LogP contribution < -0.4 is 10.6 Å². The van der Waals surface area contributed by atoms with Gasteiger partial charge in [0, 0.05) is 19.6 Å². The van der Waals surface area contributed by atoms with Crippen LogP contribution in [0.15, 0.2) is 30.3 Å². The molecule has 2 amide bonds. The molecule has 1 fully saturated rings. The molecule has 4 N–H and O–H groups in total. The second-order valence-corrected chi connectivity index (χ2v) is 5.91. The van der Waals surface area contributed by atoms with E-state index >= 15 is 0 Å². The van der Waals surface area contributed by atoms with Crippen LogP contribution >= 0.6 is 0 Å². The number of hydrogen-bond donors (Lipinski definition) is 4. The second-order valence-electron chi connectivity index (χ2n) is 5.91. The normalized spacial score (nSPS) is 18.5. The Labute approximate surface area is 141 Å². The molecule has 1 heterocycles. The average Bonchev–Trinajstić information content (AvgIpc) is 2.61. The monoisotopic (exact) mass is 335 g/mol. The number of nitrogens with zero attached hydrogens (tertiary/aromatic N) is 1. The zero-order chi connectivity index (χ0) is 17.4. The Balaban J connectivity index is 1.93. The van der Waals surface area contributed by atoms with Gasteiger partial charge in [0.1, 0.15) is 0 Å². The summed E-state index contributed by atoms with van der Waals surface area (Å²) in [5.74, 6) is -0.510. The maximum absolute atomic E-state index is 12.1. The number of amides is 2. The molecular weight excluding hydrogens is 310 g/mol. The minimum absolute atomic E-state index is 0.0110. The molecule has 0 radical (unpaired) electrons. The van der Waals surface area contributed by atoms with Gasteiger partial charge in [0.25, 0.3) is 0 Å². The lowest BCUT2D eigenvalue weighted by molar-refractivity contribution is -0.134. The fraction of sp³-hybridized carbons (Fsp3) is 0.529. The van der Waals surface area contributed by atoms with Crippen molar-refractivity contribution >= 4 is 11.8 Å². The molecule has 0 aliphatic carbocycles. The van der Waals surface area contributed by atoms with Crippen LogP contribution in [0, 0.1) is 0 Å². The molecule has 0 saturated carbocycles. The summed E-state index contributed by atoms with van der Waals surface area (Å²) in [6.45, 7) is 1.29. The van der Waals surface area contributed by atoms with E-state index in [1.54, 1.807) is 0 Å². The summed E-state index contributed by atoms with van der Waals surface area (Å²) in [5, 5.41) is 23.4. The molecule has 2 rings (SSSR count). The van der Waals surface area contributed by atoms with Crippen molar-refractivity contribution in [3.63, 3.8) is 0 Å². The zero-order valence-corrected chi connectivity index (χ0v) is 13.6. The Morgan fingerprint density at radius 3 is 2.67 bits per heavy atom. The standard InChI is InChI=1S/C17H25N3O4/c21-11-14(12-22)19-16(23)10-15-17(24)18-7-9-20(15)8-6-13-4-2-1-3-5-13/h1-5,14-15,21-22H,6-12H2,(H,18,24)(H,19,23). The quantitative estimate of drug-likeness (QED) is 0.482. The summed E-state index contributed by atoms with van der Waals surface area (Å²) in [5.41, 5.74) is 1.19. The van der Waals surface area contributed by atoms with Gasteiger partial charge >= 0.3 is 0 Å². The van der Waals surface area contributed by atoms with E-state index in [9.17, 15) is 9.59 Å². The van der Waals surface area contributed by atoms with Crippen LogP contribution in [0.2, 0.25) is 0 Å². The van der Waals surface area contributed by atoms with Crippen LogP contribution in [0.1, 0.15) is 12.0 Å². The molecule has 1 aliphatic heterocycles. The summed E-state index contributed by atoms with van der Waals surface area (Å²) >= 11 is 0. The van der Waals surface area contributed by atoms with E-state index in [0.717, 1.165) is 6.42 Å². The minimum Gasteiger partial charge on any atom is -0.394 e. The van der Waals surface area contributed by atoms with Gasteiger partial charge in [0.2, 0.25) is 11.8 Å². The third kappa shape index (κ3) is 5.30. The number of piperazine rings is 1. The maximum atomic E-state index is 12.1. The Morgan fingerprint density at radius 1 is 1.29 bits per heavy atom. The Morgan fingerprint density at radius 2 is 2.00 bits per heavy atom. The van der Waals surface area contributed by atoms with E-state index in [2.05, 4.69) is 10.6 Å². The predicted molar refractivity (Wildman–Crippen MR) is 89.2 cm³/mol. The fourth-order valence-electron chi connectivity index (χ4n) is 2.78. The highest BCUT2D eigenvalue weighted by Gasteiger charge is 2.31. The van der Waals surface area contributed by atoms with E-state index in [-0.39, 0.29) is 31.4 Å². The molecule has 0 aromatic heterocycles. The largest absolute Gasteiger partial charge is 0.394 e. The maximum Gasteiger partial charge on any atom is 0.237 e. The number of nitrogens with one attached hydrogen (secondary N) is 2. The van der Waals surface area contributed by atoms with Gasteiger partial charge in [-0.1, -0.05) is 30.3 Å². The number of aliphatic hydroxyl groups excluding tert-OH is 2. The molecular formula is C17H25N3O4. The smallest absolute Gasteiger partial charge is 0.237 e. The number of benzene rings is 1. The first-order valence-electron chi connectivity index (χ1n) is 8.20. The lowest BCUT2D eigenvalue weighted by atomic mass is 10.1. The topological polar surface area (TPSA) is 102 Å². The number of carbonyl (C=O) groups excluding carboxylic acids is 2. The van der Waals surface area contributed by atoms with Crippen LogP contribution in [0.25, 0.3) is 0 Å². The Bertz CT molecular complexity index is 534. The van der Waals surface area contributed by atoms with Gasteiger partial charge in [0.15, 0.2) is 0 Å². The molecule has 0 bridgehead atoms. The summed E-state index contributed by atoms with van der Waals surface area (Å²) in [4.78, 5) is 26.2. The molecule has 24 heavy (non-hydrogen) atoms. The van der Waals surface area contributed by atoms with E-state index < -0.39 is 12.1 Å². The molecule has 0 spiro atoms. The zero-order valence-electron chi connectivity index (χ0n) is 13.6. The molecule has 1 unspecified atom stereocenters. The average molecular weight is 335 g/mol. The number of aliphatic hydroxyl groups is 2. The Kier molecular flexibility index (Phi) is 7.17. The van der Waals surface area contributed by atoms with Crippen molar-refractivity contribution in [3.8, 4) is 0 Å². The van der Waals surface area contributed by atoms with Crippen LogP contribution in [0.3, 0.4) is 0 Å². The van der Waals surface area contributed by atoms with Gasteiger partial charge in [-0.05, 0) is 12.0 Å². The third-order valence-electron chi connectivity index (χ3n) is 4.16. The first kappa shape index (κ1) is 18.4. The van der Waals surface area contributed by atoms with Crippen LogP contribution in [-0.4, -0.2) is 71.9 Å². The molecule has 132 valence electrons. The summed E-state index contributed by atoms with van der Waals surface area (Å²) in [7, 11) is 0. The van der Waals surface area contributed by atoms with Crippen LogP contribution in [-0.2, 0) is 16.0 Å². The van der Waals surface area contributed by atoms with Gasteiger partial charge in [-0.2, -0.15) is 0 Å². The lowest BCUT2D eigenvalue weighted by Gasteiger charge is -2.34. The van der Waals surface area contributed by atoms with Crippen LogP contribution in [0.4, 0.5) is 0 Å². The van der Waals surface area contributed by atoms with Gasteiger partial charge in [0.05, 0.1) is 31.7 Å². The van der Waals surface area contributed by atoms with E-state index in [0.29, 0.717) is 19.6 Å². The Hall–Kier alpha value is -1.96. The number of carbonyl (C=O) groups is 2. The van der Waals surface area contributed by atoms with Crippen molar-refractivity contribution in [1.82, 2.24) is 15.5 Å². The van der Waals surface area contributed by atoms with Gasteiger partial charge < -0.3 is 20.8 Å². The van der Waals surface area contributed by atoms with E-state index in [4.69, 9.17) is 10.2 Å². The molecule has 1 aliphatic rings. The second kappa shape index (κ2) is 9.36. The highest BCUT2D eigenvalue weighted by Crippen LogP contribution is 2.11. The first-order chi connectivity index (χ1) is 11.6. The fourth-order valence-corrected chi connectivity index (χ4v) is 2.78. The highest BCUT2D eigenvalue weighted by molar-refractivity contribution is 5.88. The van der Waals surface area contributed by atoms with Crippen molar-refractivity contribution in [2.24, 2.45) is 0 Å². The molecule has 1 aromatic rings. The molecule has 1 aromatic carbocycles. The molecule has 1 atom stereocenters. The van der Waals surface area contributed by atoms with E-state index in [1.807, 2.05) is 35.2 Å². The third-order valence-corrected chi connectivity index (χ3v) is 4.16. The summed E-state index contributed by atoms with van der Waals surface area (Å²) in [6, 6.07) is 8.78. The predicted octanol–water partition coefficient (Wildman–Crippen LogP) is -1.11. The molecule has 7 nitrogen and oxygen atoms in total. The highest BCUT2D eigenvalue weighted by atomic mass is 16.3. The van der Waals surface area contributed by atoms with Gasteiger partial charge in [-0.3, -0.25) is 14.5 Å². The van der Waals surface area contributed by atoms with E-state index in [1.165, 1.54) is 5.56 Å². The van der Waals surface area contributed by atoms with Crippen molar-refractivity contribution < 1.29 is 19.8 Å². The van der Waals surface area contributed by atoms with Gasteiger partial charge in [-0.15, -0.1) is 0 Å². The van der Waals surface area contributed by atoms with Crippen LogP contribution in [0.5, 0.6) is 0 Å². The molecule has 1 saturated heterocycles. The SMILES string of the molecule is O=C(CC1C(=O)NCCN1CCc1ccccc1)NC(CO)CO. The number of rotatable bonds is 8. The number of hydrogen-bond acceptors (Lipinski definition) is 5. The summed E-state index contributed by atoms with van der Waals surface area (Å²) in [6.07, 6.45) is 0.819. The van der Waals surface area contributed by atoms with Gasteiger partial charge in [-0.25, -0.2) is 0 Å². The minimum atomic E-state index is -0.693. The van der Waals surface area contributed by atoms with Crippen molar-refractivity contribution in [3.05, 3.63) is 35.9 Å². The lowest BCUT2D eigenvalue weighted by Crippen LogP contribution is -2.57.